The monoisotopic (exact) mass is 362 g/mol. The second-order valence-electron chi connectivity index (χ2n) is 7.89. The van der Waals surface area contributed by atoms with E-state index in [2.05, 4.69) is 25.8 Å². The summed E-state index contributed by atoms with van der Waals surface area (Å²) in [5.41, 5.74) is 1.30. The van der Waals surface area contributed by atoms with Crippen LogP contribution in [0.2, 0.25) is 0 Å². The summed E-state index contributed by atoms with van der Waals surface area (Å²) in [5, 5.41) is 0.707. The average Bonchev–Trinajstić information content (AvgIpc) is 2.93. The summed E-state index contributed by atoms with van der Waals surface area (Å²) in [6.45, 7) is 9.09. The molecule has 2 heterocycles. The van der Waals surface area contributed by atoms with Gasteiger partial charge in [0.15, 0.2) is 0 Å². The van der Waals surface area contributed by atoms with Gasteiger partial charge in [-0.25, -0.2) is 4.98 Å². The Bertz CT molecular complexity index is 845. The Morgan fingerprint density at radius 1 is 1.44 bits per heavy atom. The fourth-order valence-corrected chi connectivity index (χ4v) is 4.71. The third-order valence-electron chi connectivity index (χ3n) is 5.03. The molecule has 1 atom stereocenters. The minimum atomic E-state index is -0.387. The second kappa shape index (κ2) is 6.90. The molecular formula is C19H26N2O3S. The highest BCUT2D eigenvalue weighted by Crippen LogP contribution is 2.41. The maximum atomic E-state index is 12.9. The van der Waals surface area contributed by atoms with Gasteiger partial charge >= 0.3 is 5.97 Å². The van der Waals surface area contributed by atoms with Crippen LogP contribution in [0, 0.1) is 11.3 Å². The van der Waals surface area contributed by atoms with Gasteiger partial charge in [-0.15, -0.1) is 11.3 Å². The van der Waals surface area contributed by atoms with Crippen molar-refractivity contribution >= 4 is 27.5 Å². The van der Waals surface area contributed by atoms with Crippen LogP contribution in [0.4, 0.5) is 0 Å². The van der Waals surface area contributed by atoms with E-state index >= 15 is 0 Å². The Morgan fingerprint density at radius 3 is 2.88 bits per heavy atom. The molecule has 1 aliphatic rings. The maximum Gasteiger partial charge on any atom is 0.326 e. The van der Waals surface area contributed by atoms with E-state index < -0.39 is 0 Å². The lowest BCUT2D eigenvalue weighted by atomic mass is 9.72. The van der Waals surface area contributed by atoms with Crippen LogP contribution >= 0.6 is 11.3 Å². The van der Waals surface area contributed by atoms with Gasteiger partial charge in [-0.1, -0.05) is 27.7 Å². The molecule has 0 radical (unpaired) electrons. The van der Waals surface area contributed by atoms with E-state index in [1.54, 1.807) is 11.3 Å². The van der Waals surface area contributed by atoms with Gasteiger partial charge in [0.25, 0.3) is 5.56 Å². The van der Waals surface area contributed by atoms with Crippen LogP contribution in [0.25, 0.3) is 10.2 Å². The topological polar surface area (TPSA) is 61.2 Å². The number of aromatic nitrogens is 2. The van der Waals surface area contributed by atoms with Crippen molar-refractivity contribution in [3.63, 3.8) is 0 Å². The SMILES string of the molecule is CCCOC(=O)Cn1cnc2sc3c(c2c1=O)CC[C@H](C(C)(C)C)C3. The molecule has 0 bridgehead atoms. The maximum absolute atomic E-state index is 12.9. The number of ether oxygens (including phenoxy) is 1. The van der Waals surface area contributed by atoms with Crippen LogP contribution < -0.4 is 5.56 Å². The van der Waals surface area contributed by atoms with E-state index in [-0.39, 0.29) is 23.5 Å². The number of hydrogen-bond acceptors (Lipinski definition) is 5. The second-order valence-corrected chi connectivity index (χ2v) is 8.97. The predicted molar refractivity (Wildman–Crippen MR) is 100 cm³/mol. The Labute approximate surface area is 152 Å². The molecule has 0 amide bonds. The van der Waals surface area contributed by atoms with Gasteiger partial charge in [0.1, 0.15) is 11.4 Å². The zero-order chi connectivity index (χ0) is 18.2. The third-order valence-corrected chi connectivity index (χ3v) is 6.19. The van der Waals surface area contributed by atoms with Crippen molar-refractivity contribution in [3.05, 3.63) is 27.1 Å². The van der Waals surface area contributed by atoms with Gasteiger partial charge in [0, 0.05) is 4.88 Å². The molecule has 5 nitrogen and oxygen atoms in total. The van der Waals surface area contributed by atoms with Crippen molar-refractivity contribution in [2.45, 2.75) is 59.9 Å². The van der Waals surface area contributed by atoms with Gasteiger partial charge in [0.05, 0.1) is 18.3 Å². The highest BCUT2D eigenvalue weighted by Gasteiger charge is 2.31. The number of hydrogen-bond donors (Lipinski definition) is 0. The third kappa shape index (κ3) is 3.64. The minimum Gasteiger partial charge on any atom is -0.464 e. The standard InChI is InChI=1S/C19H26N2O3S/c1-5-8-24-15(22)10-21-11-20-17-16(18(21)23)13-7-6-12(19(2,3)4)9-14(13)25-17/h11-12H,5-10H2,1-4H3/t12-/m0/s1. The first kappa shape index (κ1) is 18.1. The highest BCUT2D eigenvalue weighted by atomic mass is 32.1. The number of fused-ring (bicyclic) bond motifs is 3. The quantitative estimate of drug-likeness (QED) is 0.780. The molecule has 25 heavy (non-hydrogen) atoms. The Hall–Kier alpha value is -1.69. The van der Waals surface area contributed by atoms with Gasteiger partial charge in [-0.05, 0) is 42.6 Å². The van der Waals surface area contributed by atoms with Crippen LogP contribution in [-0.2, 0) is 28.9 Å². The highest BCUT2D eigenvalue weighted by molar-refractivity contribution is 7.18. The Balaban J connectivity index is 1.93. The molecule has 2 aromatic heterocycles. The number of nitrogens with zero attached hydrogens (tertiary/aromatic N) is 2. The molecule has 136 valence electrons. The molecule has 0 aromatic carbocycles. The molecule has 0 spiro atoms. The molecule has 0 N–H and O–H groups in total. The van der Waals surface area contributed by atoms with Gasteiger partial charge in [-0.2, -0.15) is 0 Å². The Kier molecular flexibility index (Phi) is 5.00. The van der Waals surface area contributed by atoms with E-state index in [0.29, 0.717) is 17.9 Å². The molecule has 0 aliphatic heterocycles. The van der Waals surface area contributed by atoms with Crippen molar-refractivity contribution in [1.82, 2.24) is 9.55 Å². The molecule has 2 aromatic rings. The predicted octanol–water partition coefficient (Wildman–Crippen LogP) is 3.56. The number of rotatable bonds is 4. The number of carbonyl (C=O) groups is 1. The molecule has 0 saturated carbocycles. The summed E-state index contributed by atoms with van der Waals surface area (Å²) in [6.07, 6.45) is 5.26. The summed E-state index contributed by atoms with van der Waals surface area (Å²) < 4.78 is 6.46. The lowest BCUT2D eigenvalue weighted by Gasteiger charge is -2.33. The van der Waals surface area contributed by atoms with Crippen molar-refractivity contribution in [2.75, 3.05) is 6.61 Å². The van der Waals surface area contributed by atoms with Crippen LogP contribution in [0.15, 0.2) is 11.1 Å². The van der Waals surface area contributed by atoms with E-state index in [9.17, 15) is 9.59 Å². The molecule has 0 unspecified atom stereocenters. The van der Waals surface area contributed by atoms with Gasteiger partial charge in [-0.3, -0.25) is 14.2 Å². The molecular weight excluding hydrogens is 336 g/mol. The van der Waals surface area contributed by atoms with E-state index in [4.69, 9.17) is 4.74 Å². The molecule has 0 saturated heterocycles. The summed E-state index contributed by atoms with van der Waals surface area (Å²) in [7, 11) is 0. The first-order chi connectivity index (χ1) is 11.8. The molecule has 6 heteroatoms. The van der Waals surface area contributed by atoms with Crippen LogP contribution in [-0.4, -0.2) is 22.1 Å². The van der Waals surface area contributed by atoms with Crippen molar-refractivity contribution in [2.24, 2.45) is 11.3 Å². The molecule has 0 fully saturated rings. The first-order valence-corrected chi connectivity index (χ1v) is 9.78. The largest absolute Gasteiger partial charge is 0.464 e. The lowest BCUT2D eigenvalue weighted by molar-refractivity contribution is -0.144. The number of aryl methyl sites for hydroxylation is 1. The normalized spacial score (nSPS) is 17.5. The number of esters is 1. The zero-order valence-corrected chi connectivity index (χ0v) is 16.2. The van der Waals surface area contributed by atoms with Gasteiger partial charge in [0.2, 0.25) is 0 Å². The van der Waals surface area contributed by atoms with Crippen LogP contribution in [0.1, 0.15) is 51.0 Å². The lowest BCUT2D eigenvalue weighted by Crippen LogP contribution is -2.28. The fraction of sp³-hybridized carbons (Fsp3) is 0.632. The Morgan fingerprint density at radius 2 is 2.20 bits per heavy atom. The van der Waals surface area contributed by atoms with Crippen molar-refractivity contribution < 1.29 is 9.53 Å². The van der Waals surface area contributed by atoms with Crippen LogP contribution in [0.5, 0.6) is 0 Å². The van der Waals surface area contributed by atoms with Crippen molar-refractivity contribution in [1.29, 1.82) is 0 Å². The summed E-state index contributed by atoms with van der Waals surface area (Å²) in [4.78, 5) is 31.2. The molecule has 1 aliphatic carbocycles. The summed E-state index contributed by atoms with van der Waals surface area (Å²) in [6, 6.07) is 0. The smallest absolute Gasteiger partial charge is 0.326 e. The fourth-order valence-electron chi connectivity index (χ4n) is 3.45. The van der Waals surface area contributed by atoms with E-state index in [1.807, 2.05) is 6.92 Å². The minimum absolute atomic E-state index is 0.0724. The van der Waals surface area contributed by atoms with Crippen LogP contribution in [0.3, 0.4) is 0 Å². The van der Waals surface area contributed by atoms with E-state index in [0.717, 1.165) is 36.1 Å². The van der Waals surface area contributed by atoms with Crippen molar-refractivity contribution in [3.8, 4) is 0 Å². The number of thiophene rings is 1. The summed E-state index contributed by atoms with van der Waals surface area (Å²) in [5.74, 6) is 0.237. The molecule has 3 rings (SSSR count). The summed E-state index contributed by atoms with van der Waals surface area (Å²) >= 11 is 1.63. The zero-order valence-electron chi connectivity index (χ0n) is 15.4. The van der Waals surface area contributed by atoms with Gasteiger partial charge < -0.3 is 4.74 Å². The first-order valence-electron chi connectivity index (χ1n) is 8.96. The average molecular weight is 362 g/mol. The number of carbonyl (C=O) groups excluding carboxylic acids is 1. The van der Waals surface area contributed by atoms with E-state index in [1.165, 1.54) is 15.8 Å².